The number of carbonyl (C=O) groups excluding carboxylic acids is 1. The summed E-state index contributed by atoms with van der Waals surface area (Å²) in [6.45, 7) is 3.70. The molecule has 13 nitrogen and oxygen atoms in total. The topological polar surface area (TPSA) is 226 Å². The molecular formula is C44H88NO12P. The number of hydrogen-bond donors (Lipinski definition) is 9. The molecule has 0 heterocycles. The van der Waals surface area contributed by atoms with Crippen LogP contribution < -0.4 is 5.32 Å². The summed E-state index contributed by atoms with van der Waals surface area (Å²) in [6, 6.07) is -1.30. The molecule has 58 heavy (non-hydrogen) atoms. The zero-order valence-electron chi connectivity index (χ0n) is 36.5. The van der Waals surface area contributed by atoms with Crippen LogP contribution in [0.15, 0.2) is 0 Å². The number of nitrogens with one attached hydrogen (secondary N) is 1. The molecule has 1 rings (SSSR count). The van der Waals surface area contributed by atoms with E-state index in [0.29, 0.717) is 12.8 Å². The van der Waals surface area contributed by atoms with Crippen molar-refractivity contribution >= 4 is 13.7 Å². The fraction of sp³-hybridized carbons (Fsp3) is 0.977. The fourth-order valence-electron chi connectivity index (χ4n) is 7.83. The van der Waals surface area contributed by atoms with Gasteiger partial charge >= 0.3 is 7.82 Å². The van der Waals surface area contributed by atoms with Crippen molar-refractivity contribution in [1.29, 1.82) is 0 Å². The smallest absolute Gasteiger partial charge is 0.390 e. The lowest BCUT2D eigenvalue weighted by molar-refractivity contribution is -0.220. The molecule has 0 saturated heterocycles. The van der Waals surface area contributed by atoms with E-state index in [9.17, 15) is 50.0 Å². The highest BCUT2D eigenvalue weighted by Crippen LogP contribution is 2.47. The van der Waals surface area contributed by atoms with E-state index in [1.54, 1.807) is 0 Å². The lowest BCUT2D eigenvalue weighted by Crippen LogP contribution is -2.64. The molecule has 0 aromatic rings. The number of aliphatic hydroxyl groups excluding tert-OH is 7. The molecule has 1 amide bonds. The van der Waals surface area contributed by atoms with Gasteiger partial charge in [-0.15, -0.1) is 0 Å². The SMILES string of the molecule is CCCCCCCCCCCCCCCCCCCC(=O)N[C@@H](COP(=O)(O)OC1C(O)C(O)C(O)[C@@H](O)C1O)[C@H](O)[C@H](O)CCCCCCCCCCCCCC. The number of carbonyl (C=O) groups is 1. The van der Waals surface area contributed by atoms with Crippen molar-refractivity contribution in [2.24, 2.45) is 0 Å². The first-order valence-corrected chi connectivity index (χ1v) is 25.1. The number of phosphoric acid groups is 1. The standard InChI is InChI=1S/C44H88NO12P/c1-3-5-7-9-11-13-15-17-18-19-20-21-23-25-27-29-31-33-37(47)45-35(34-56-58(54,55)57-44-42(52)40(50)39(49)41(51)43(44)53)38(48)36(46)32-30-28-26-24-22-16-14-12-10-8-6-4-2/h35-36,38-44,46,48-53H,3-34H2,1-2H3,(H,45,47)(H,54,55)/t35-,36+,38-,39?,40+,41?,42?,43?,44?/m0/s1. The molecule has 1 saturated carbocycles. The Morgan fingerprint density at radius 3 is 1.24 bits per heavy atom. The molecule has 6 unspecified atom stereocenters. The van der Waals surface area contributed by atoms with Gasteiger partial charge in [-0.05, 0) is 12.8 Å². The van der Waals surface area contributed by atoms with E-state index in [1.807, 2.05) is 0 Å². The van der Waals surface area contributed by atoms with Crippen LogP contribution >= 0.6 is 7.82 Å². The van der Waals surface area contributed by atoms with E-state index in [2.05, 4.69) is 19.2 Å². The minimum Gasteiger partial charge on any atom is -0.390 e. The lowest BCUT2D eigenvalue weighted by atomic mass is 9.85. The molecule has 0 aromatic carbocycles. The number of aliphatic hydroxyl groups is 7. The van der Waals surface area contributed by atoms with E-state index < -0.39 is 75.2 Å². The summed E-state index contributed by atoms with van der Waals surface area (Å²) in [5.41, 5.74) is 0. The van der Waals surface area contributed by atoms with Crippen molar-refractivity contribution in [3.05, 3.63) is 0 Å². The third-order valence-corrected chi connectivity index (χ3v) is 12.7. The van der Waals surface area contributed by atoms with Crippen molar-refractivity contribution in [2.75, 3.05) is 6.61 Å². The maximum Gasteiger partial charge on any atom is 0.472 e. The lowest BCUT2D eigenvalue weighted by Gasteiger charge is -2.41. The van der Waals surface area contributed by atoms with Gasteiger partial charge in [0.05, 0.1) is 18.8 Å². The molecule has 1 aliphatic rings. The summed E-state index contributed by atoms with van der Waals surface area (Å²) in [6.07, 6.45) is 20.0. The maximum absolute atomic E-state index is 13.0. The molecule has 1 aliphatic carbocycles. The highest BCUT2D eigenvalue weighted by atomic mass is 31.2. The van der Waals surface area contributed by atoms with Gasteiger partial charge in [-0.1, -0.05) is 194 Å². The van der Waals surface area contributed by atoms with Gasteiger partial charge in [0.15, 0.2) is 0 Å². The van der Waals surface area contributed by atoms with Crippen molar-refractivity contribution in [2.45, 2.75) is 268 Å². The average Bonchev–Trinajstić information content (AvgIpc) is 3.20. The molecule has 0 aromatic heterocycles. The molecule has 346 valence electrons. The van der Waals surface area contributed by atoms with Gasteiger partial charge in [0.25, 0.3) is 0 Å². The van der Waals surface area contributed by atoms with Gasteiger partial charge in [-0.3, -0.25) is 13.8 Å². The quantitative estimate of drug-likeness (QED) is 0.0215. The van der Waals surface area contributed by atoms with Crippen LogP contribution in [0.2, 0.25) is 0 Å². The molecule has 0 spiro atoms. The Morgan fingerprint density at radius 1 is 0.534 bits per heavy atom. The largest absolute Gasteiger partial charge is 0.472 e. The van der Waals surface area contributed by atoms with Crippen molar-refractivity contribution in [3.8, 4) is 0 Å². The number of unbranched alkanes of at least 4 members (excludes halogenated alkanes) is 27. The van der Waals surface area contributed by atoms with E-state index in [-0.39, 0.29) is 12.8 Å². The van der Waals surface area contributed by atoms with Crippen molar-refractivity contribution < 1.29 is 59.0 Å². The second-order valence-electron chi connectivity index (χ2n) is 17.1. The Kier molecular flexibility index (Phi) is 33.2. The summed E-state index contributed by atoms with van der Waals surface area (Å²) in [4.78, 5) is 23.4. The second-order valence-corrected chi connectivity index (χ2v) is 18.5. The van der Waals surface area contributed by atoms with Gasteiger partial charge in [0, 0.05) is 6.42 Å². The maximum atomic E-state index is 13.0. The van der Waals surface area contributed by atoms with Crippen LogP contribution in [-0.2, 0) is 18.4 Å². The van der Waals surface area contributed by atoms with Gasteiger partial charge < -0.3 is 46.0 Å². The molecule has 0 aliphatic heterocycles. The van der Waals surface area contributed by atoms with Crippen molar-refractivity contribution in [3.63, 3.8) is 0 Å². The first-order valence-electron chi connectivity index (χ1n) is 23.6. The predicted molar refractivity (Wildman–Crippen MR) is 229 cm³/mol. The molecule has 14 heteroatoms. The van der Waals surface area contributed by atoms with Crippen LogP contribution in [0.3, 0.4) is 0 Å². The third kappa shape index (κ3) is 25.9. The summed E-state index contributed by atoms with van der Waals surface area (Å²) < 4.78 is 22.9. The van der Waals surface area contributed by atoms with E-state index in [0.717, 1.165) is 38.5 Å². The normalized spacial score (nSPS) is 23.7. The number of amides is 1. The van der Waals surface area contributed by atoms with Gasteiger partial charge in [0.1, 0.15) is 42.7 Å². The van der Waals surface area contributed by atoms with Crippen LogP contribution in [0.5, 0.6) is 0 Å². The highest BCUT2D eigenvalue weighted by Gasteiger charge is 2.51. The molecule has 0 radical (unpaired) electrons. The van der Waals surface area contributed by atoms with E-state index in [4.69, 9.17) is 9.05 Å². The van der Waals surface area contributed by atoms with Gasteiger partial charge in [0.2, 0.25) is 5.91 Å². The Hall–Kier alpha value is -0.700. The summed E-state index contributed by atoms with van der Waals surface area (Å²) in [5.74, 6) is -0.418. The monoisotopic (exact) mass is 854 g/mol. The number of hydrogen-bond acceptors (Lipinski definition) is 11. The fourth-order valence-corrected chi connectivity index (χ4v) is 8.80. The number of phosphoric ester groups is 1. The van der Waals surface area contributed by atoms with Gasteiger partial charge in [-0.25, -0.2) is 4.57 Å². The zero-order chi connectivity index (χ0) is 43.0. The highest BCUT2D eigenvalue weighted by molar-refractivity contribution is 7.47. The molecule has 9 N–H and O–H groups in total. The number of rotatable bonds is 39. The van der Waals surface area contributed by atoms with Crippen LogP contribution in [0.25, 0.3) is 0 Å². The summed E-state index contributed by atoms with van der Waals surface area (Å²) >= 11 is 0. The Bertz CT molecular complexity index is 1010. The van der Waals surface area contributed by atoms with E-state index in [1.165, 1.54) is 135 Å². The predicted octanol–water partition coefficient (Wildman–Crippen LogP) is 7.65. The minimum atomic E-state index is -5.15. The average molecular weight is 854 g/mol. The molecule has 0 bridgehead atoms. The van der Waals surface area contributed by atoms with Crippen LogP contribution in [0.4, 0.5) is 0 Å². The zero-order valence-corrected chi connectivity index (χ0v) is 37.4. The van der Waals surface area contributed by atoms with Crippen LogP contribution in [-0.4, -0.2) is 108 Å². The second kappa shape index (κ2) is 34.8. The summed E-state index contributed by atoms with van der Waals surface area (Å²) in [7, 11) is -5.15. The van der Waals surface area contributed by atoms with E-state index >= 15 is 0 Å². The summed E-state index contributed by atoms with van der Waals surface area (Å²) in [5, 5.41) is 74.9. The molecule has 1 fully saturated rings. The van der Waals surface area contributed by atoms with Crippen LogP contribution in [0.1, 0.15) is 213 Å². The Balaban J connectivity index is 2.51. The minimum absolute atomic E-state index is 0.155. The molecular weight excluding hydrogens is 765 g/mol. The third-order valence-electron chi connectivity index (χ3n) is 11.8. The van der Waals surface area contributed by atoms with Gasteiger partial charge in [-0.2, -0.15) is 0 Å². The first-order chi connectivity index (χ1) is 27.9. The van der Waals surface area contributed by atoms with Crippen molar-refractivity contribution in [1.82, 2.24) is 5.32 Å². The first kappa shape index (κ1) is 55.3. The van der Waals surface area contributed by atoms with Crippen LogP contribution in [0, 0.1) is 0 Å². The molecule has 10 atom stereocenters. The Morgan fingerprint density at radius 2 is 0.862 bits per heavy atom. The Labute approximate surface area is 351 Å².